The average molecular weight is 382 g/mol. The van der Waals surface area contributed by atoms with Crippen LogP contribution in [-0.4, -0.2) is 61.1 Å². The Labute approximate surface area is 165 Å². The Morgan fingerprint density at radius 3 is 2.21 bits per heavy atom. The molecule has 1 aliphatic heterocycles. The number of rotatable bonds is 6. The number of esters is 1. The summed E-state index contributed by atoms with van der Waals surface area (Å²) in [5.41, 5.74) is 1.66. The molecule has 148 valence electrons. The molecule has 3 rings (SSSR count). The fourth-order valence-corrected chi connectivity index (χ4v) is 3.23. The van der Waals surface area contributed by atoms with Gasteiger partial charge < -0.3 is 14.4 Å². The molecule has 1 fully saturated rings. The van der Waals surface area contributed by atoms with E-state index in [0.717, 1.165) is 19.6 Å². The Morgan fingerprint density at radius 2 is 1.61 bits per heavy atom. The lowest BCUT2D eigenvalue weighted by Gasteiger charge is -2.35. The van der Waals surface area contributed by atoms with Crippen LogP contribution in [0, 0.1) is 0 Å². The van der Waals surface area contributed by atoms with Gasteiger partial charge in [-0.15, -0.1) is 0 Å². The van der Waals surface area contributed by atoms with Gasteiger partial charge in [0, 0.05) is 32.7 Å². The van der Waals surface area contributed by atoms with E-state index in [-0.39, 0.29) is 5.91 Å². The molecule has 0 radical (unpaired) electrons. The smallest absolute Gasteiger partial charge is 0.338 e. The zero-order valence-corrected chi connectivity index (χ0v) is 16.3. The number of ether oxygens (including phenoxy) is 2. The first kappa shape index (κ1) is 19.9. The van der Waals surface area contributed by atoms with Crippen LogP contribution >= 0.6 is 0 Å². The minimum atomic E-state index is -0.810. The molecule has 1 aliphatic rings. The van der Waals surface area contributed by atoms with Crippen molar-refractivity contribution in [1.29, 1.82) is 0 Å². The summed E-state index contributed by atoms with van der Waals surface area (Å²) in [6.07, 6.45) is -0.810. The first-order valence-electron chi connectivity index (χ1n) is 9.47. The quantitative estimate of drug-likeness (QED) is 0.719. The lowest BCUT2D eigenvalue weighted by Crippen LogP contribution is -2.51. The number of carbonyl (C=O) groups is 2. The number of hydrogen-bond acceptors (Lipinski definition) is 5. The summed E-state index contributed by atoms with van der Waals surface area (Å²) in [6.45, 7) is 5.39. The van der Waals surface area contributed by atoms with Crippen molar-refractivity contribution in [3.05, 3.63) is 65.7 Å². The third-order valence-electron chi connectivity index (χ3n) is 4.89. The van der Waals surface area contributed by atoms with Gasteiger partial charge in [-0.05, 0) is 36.8 Å². The summed E-state index contributed by atoms with van der Waals surface area (Å²) >= 11 is 0. The van der Waals surface area contributed by atoms with Gasteiger partial charge in [0.05, 0.1) is 12.7 Å². The SMILES string of the molecule is COc1ccc(C(=O)OC(C)C(=O)N2CCN(Cc3ccccc3)CC2)cc1. The Morgan fingerprint density at radius 1 is 0.964 bits per heavy atom. The molecule has 28 heavy (non-hydrogen) atoms. The molecule has 6 heteroatoms. The predicted octanol–water partition coefficient (Wildman–Crippen LogP) is 2.58. The van der Waals surface area contributed by atoms with E-state index in [1.165, 1.54) is 5.56 Å². The van der Waals surface area contributed by atoms with E-state index in [0.29, 0.717) is 24.4 Å². The first-order chi connectivity index (χ1) is 13.6. The van der Waals surface area contributed by atoms with Gasteiger partial charge in [0.15, 0.2) is 6.10 Å². The minimum Gasteiger partial charge on any atom is -0.497 e. The average Bonchev–Trinajstić information content (AvgIpc) is 2.74. The van der Waals surface area contributed by atoms with Crippen molar-refractivity contribution in [2.24, 2.45) is 0 Å². The lowest BCUT2D eigenvalue weighted by molar-refractivity contribution is -0.141. The van der Waals surface area contributed by atoms with Gasteiger partial charge in [-0.2, -0.15) is 0 Å². The molecule has 0 saturated carbocycles. The van der Waals surface area contributed by atoms with Gasteiger partial charge in [-0.3, -0.25) is 9.69 Å². The summed E-state index contributed by atoms with van der Waals surface area (Å²) in [5.74, 6) is 0.00138. The summed E-state index contributed by atoms with van der Waals surface area (Å²) in [4.78, 5) is 29.0. The van der Waals surface area contributed by atoms with Crippen LogP contribution in [0.1, 0.15) is 22.8 Å². The molecule has 2 aromatic carbocycles. The van der Waals surface area contributed by atoms with Crippen LogP contribution in [0.3, 0.4) is 0 Å². The van der Waals surface area contributed by atoms with Crippen molar-refractivity contribution in [2.75, 3.05) is 33.3 Å². The standard InChI is InChI=1S/C22H26N2O4/c1-17(28-22(26)19-8-10-20(27-2)11-9-19)21(25)24-14-12-23(13-15-24)16-18-6-4-3-5-7-18/h3-11,17H,12-16H2,1-2H3. The summed E-state index contributed by atoms with van der Waals surface area (Å²) in [5, 5.41) is 0. The van der Waals surface area contributed by atoms with E-state index in [1.54, 1.807) is 43.2 Å². The monoisotopic (exact) mass is 382 g/mol. The molecule has 0 aromatic heterocycles. The van der Waals surface area contributed by atoms with E-state index in [2.05, 4.69) is 17.0 Å². The molecule has 1 saturated heterocycles. The largest absolute Gasteiger partial charge is 0.497 e. The highest BCUT2D eigenvalue weighted by Crippen LogP contribution is 2.14. The van der Waals surface area contributed by atoms with Crippen LogP contribution in [0.15, 0.2) is 54.6 Å². The number of hydrogen-bond donors (Lipinski definition) is 0. The lowest BCUT2D eigenvalue weighted by atomic mass is 10.2. The third kappa shape index (κ3) is 5.10. The Hall–Kier alpha value is -2.86. The molecule has 2 aromatic rings. The second-order valence-electron chi connectivity index (χ2n) is 6.86. The zero-order valence-electron chi connectivity index (χ0n) is 16.3. The van der Waals surface area contributed by atoms with Crippen LogP contribution in [0.4, 0.5) is 0 Å². The van der Waals surface area contributed by atoms with Gasteiger partial charge in [0.25, 0.3) is 5.91 Å². The molecule has 6 nitrogen and oxygen atoms in total. The van der Waals surface area contributed by atoms with E-state index in [9.17, 15) is 9.59 Å². The Kier molecular flexibility index (Phi) is 6.66. The first-order valence-corrected chi connectivity index (χ1v) is 9.47. The Bertz CT molecular complexity index is 784. The van der Waals surface area contributed by atoms with Crippen molar-refractivity contribution in [3.8, 4) is 5.75 Å². The molecule has 0 N–H and O–H groups in total. The van der Waals surface area contributed by atoms with Crippen molar-refractivity contribution < 1.29 is 19.1 Å². The summed E-state index contributed by atoms with van der Waals surface area (Å²) in [6, 6.07) is 16.9. The van der Waals surface area contributed by atoms with Crippen LogP contribution < -0.4 is 4.74 Å². The van der Waals surface area contributed by atoms with Gasteiger partial charge in [0.2, 0.25) is 0 Å². The second kappa shape index (κ2) is 9.37. The van der Waals surface area contributed by atoms with Crippen LogP contribution in [-0.2, 0) is 16.1 Å². The molecule has 0 spiro atoms. The summed E-state index contributed by atoms with van der Waals surface area (Å²) < 4.78 is 10.4. The molecular formula is C22H26N2O4. The van der Waals surface area contributed by atoms with Crippen molar-refractivity contribution in [1.82, 2.24) is 9.80 Å². The van der Waals surface area contributed by atoms with Gasteiger partial charge in [-0.1, -0.05) is 30.3 Å². The highest BCUT2D eigenvalue weighted by atomic mass is 16.5. The van der Waals surface area contributed by atoms with Crippen LogP contribution in [0.2, 0.25) is 0 Å². The normalized spacial score (nSPS) is 15.7. The fraction of sp³-hybridized carbons (Fsp3) is 0.364. The van der Waals surface area contributed by atoms with Crippen molar-refractivity contribution >= 4 is 11.9 Å². The minimum absolute atomic E-state index is 0.152. The maximum atomic E-state index is 12.6. The molecule has 1 heterocycles. The van der Waals surface area contributed by atoms with Crippen molar-refractivity contribution in [3.63, 3.8) is 0 Å². The van der Waals surface area contributed by atoms with E-state index < -0.39 is 12.1 Å². The van der Waals surface area contributed by atoms with Crippen LogP contribution in [0.5, 0.6) is 5.75 Å². The maximum absolute atomic E-state index is 12.6. The highest BCUT2D eigenvalue weighted by molar-refractivity contribution is 5.92. The zero-order chi connectivity index (χ0) is 19.9. The maximum Gasteiger partial charge on any atom is 0.338 e. The molecule has 1 unspecified atom stereocenters. The molecule has 1 amide bonds. The number of piperazine rings is 1. The number of amides is 1. The fourth-order valence-electron chi connectivity index (χ4n) is 3.23. The number of nitrogens with zero attached hydrogens (tertiary/aromatic N) is 2. The van der Waals surface area contributed by atoms with E-state index in [1.807, 2.05) is 18.2 Å². The molecule has 1 atom stereocenters. The number of methoxy groups -OCH3 is 1. The third-order valence-corrected chi connectivity index (χ3v) is 4.89. The van der Waals surface area contributed by atoms with Gasteiger partial charge >= 0.3 is 5.97 Å². The number of benzene rings is 2. The van der Waals surface area contributed by atoms with Crippen molar-refractivity contribution in [2.45, 2.75) is 19.6 Å². The van der Waals surface area contributed by atoms with Gasteiger partial charge in [0.1, 0.15) is 5.75 Å². The second-order valence-corrected chi connectivity index (χ2v) is 6.86. The molecule has 0 aliphatic carbocycles. The Balaban J connectivity index is 1.47. The topological polar surface area (TPSA) is 59.1 Å². The van der Waals surface area contributed by atoms with Gasteiger partial charge in [-0.25, -0.2) is 4.79 Å². The highest BCUT2D eigenvalue weighted by Gasteiger charge is 2.27. The predicted molar refractivity (Wildman–Crippen MR) is 106 cm³/mol. The number of carbonyl (C=O) groups excluding carboxylic acids is 2. The van der Waals surface area contributed by atoms with E-state index in [4.69, 9.17) is 9.47 Å². The van der Waals surface area contributed by atoms with Crippen LogP contribution in [0.25, 0.3) is 0 Å². The molecule has 0 bridgehead atoms. The van der Waals surface area contributed by atoms with E-state index >= 15 is 0 Å². The summed E-state index contributed by atoms with van der Waals surface area (Å²) in [7, 11) is 1.56. The molecular weight excluding hydrogens is 356 g/mol.